The molecule has 0 heterocycles. The Morgan fingerprint density at radius 2 is 1.79 bits per heavy atom. The monoisotopic (exact) mass is 201 g/mol. The summed E-state index contributed by atoms with van der Waals surface area (Å²) in [5.41, 5.74) is 0. The lowest BCUT2D eigenvalue weighted by Gasteiger charge is -1.98. The summed E-state index contributed by atoms with van der Waals surface area (Å²) in [4.78, 5) is 30.8. The molecule has 0 aromatic rings. The summed E-state index contributed by atoms with van der Waals surface area (Å²) in [6.45, 7) is 0.217. The maximum absolute atomic E-state index is 10.8. The fraction of sp³-hybridized carbons (Fsp3) is 0.375. The Hall–Kier alpha value is -1.85. The highest BCUT2D eigenvalue weighted by Gasteiger charge is 1.98. The van der Waals surface area contributed by atoms with Crippen molar-refractivity contribution in [3.05, 3.63) is 12.2 Å². The molecule has 0 saturated heterocycles. The van der Waals surface area contributed by atoms with Crippen LogP contribution in [0.1, 0.15) is 12.8 Å². The van der Waals surface area contributed by atoms with E-state index < -0.39 is 17.8 Å². The van der Waals surface area contributed by atoms with Crippen molar-refractivity contribution >= 4 is 17.8 Å². The van der Waals surface area contributed by atoms with E-state index in [4.69, 9.17) is 10.2 Å². The highest BCUT2D eigenvalue weighted by Crippen LogP contribution is 1.86. The van der Waals surface area contributed by atoms with Crippen LogP contribution in [0.4, 0.5) is 0 Å². The van der Waals surface area contributed by atoms with E-state index in [9.17, 15) is 14.4 Å². The molecule has 0 spiro atoms. The van der Waals surface area contributed by atoms with Crippen molar-refractivity contribution in [2.75, 3.05) is 6.54 Å². The molecule has 3 N–H and O–H groups in total. The van der Waals surface area contributed by atoms with E-state index >= 15 is 0 Å². The Morgan fingerprint density at radius 1 is 1.14 bits per heavy atom. The van der Waals surface area contributed by atoms with Crippen molar-refractivity contribution in [1.82, 2.24) is 5.32 Å². The Morgan fingerprint density at radius 3 is 2.29 bits per heavy atom. The fourth-order valence-electron chi connectivity index (χ4n) is 0.657. The van der Waals surface area contributed by atoms with Crippen molar-refractivity contribution in [1.29, 1.82) is 0 Å². The van der Waals surface area contributed by atoms with Crippen LogP contribution in [0.3, 0.4) is 0 Å². The van der Waals surface area contributed by atoms with Crippen molar-refractivity contribution in [3.8, 4) is 0 Å². The van der Waals surface area contributed by atoms with Crippen molar-refractivity contribution in [2.24, 2.45) is 0 Å². The molecule has 6 nitrogen and oxygen atoms in total. The van der Waals surface area contributed by atoms with Gasteiger partial charge in [0.05, 0.1) is 0 Å². The summed E-state index contributed by atoms with van der Waals surface area (Å²) in [7, 11) is 0. The number of carboxylic acids is 2. The van der Waals surface area contributed by atoms with Gasteiger partial charge in [0.2, 0.25) is 5.91 Å². The van der Waals surface area contributed by atoms with Crippen LogP contribution in [0, 0.1) is 0 Å². The molecule has 1 amide bonds. The van der Waals surface area contributed by atoms with E-state index in [1.54, 1.807) is 0 Å². The molecule has 0 bridgehead atoms. The van der Waals surface area contributed by atoms with Gasteiger partial charge in [-0.05, 0) is 6.42 Å². The highest BCUT2D eigenvalue weighted by molar-refractivity contribution is 5.93. The number of hydrogen-bond acceptors (Lipinski definition) is 3. The van der Waals surface area contributed by atoms with Crippen LogP contribution in [0.5, 0.6) is 0 Å². The Balaban J connectivity index is 3.55. The lowest BCUT2D eigenvalue weighted by Crippen LogP contribution is -2.22. The van der Waals surface area contributed by atoms with Gasteiger partial charge in [-0.15, -0.1) is 0 Å². The molecule has 0 fully saturated rings. The third-order valence-corrected chi connectivity index (χ3v) is 1.24. The molecule has 0 saturated carbocycles. The van der Waals surface area contributed by atoms with Gasteiger partial charge in [0.25, 0.3) is 0 Å². The summed E-state index contributed by atoms with van der Waals surface area (Å²) >= 11 is 0. The van der Waals surface area contributed by atoms with Crippen LogP contribution in [0.2, 0.25) is 0 Å². The molecule has 78 valence electrons. The average Bonchev–Trinajstić information content (AvgIpc) is 2.08. The zero-order valence-electron chi connectivity index (χ0n) is 7.40. The first-order chi connectivity index (χ1) is 6.52. The summed E-state index contributed by atoms with van der Waals surface area (Å²) in [6, 6.07) is 0. The number of amides is 1. The maximum atomic E-state index is 10.8. The lowest BCUT2D eigenvalue weighted by molar-refractivity contribution is -0.137. The normalized spacial score (nSPS) is 10.0. The number of carboxylic acid groups (broad SMARTS) is 2. The molecule has 0 rings (SSSR count). The largest absolute Gasteiger partial charge is 0.481 e. The predicted octanol–water partition coefficient (Wildman–Crippen LogP) is -0.392. The van der Waals surface area contributed by atoms with E-state index in [0.717, 1.165) is 6.08 Å². The first-order valence-corrected chi connectivity index (χ1v) is 3.93. The molecule has 0 aliphatic rings. The number of hydrogen-bond donors (Lipinski definition) is 3. The second-order valence-electron chi connectivity index (χ2n) is 2.46. The van der Waals surface area contributed by atoms with Crippen LogP contribution in [-0.2, 0) is 14.4 Å². The van der Waals surface area contributed by atoms with Gasteiger partial charge < -0.3 is 15.5 Å². The minimum absolute atomic E-state index is 0.0249. The number of carbonyl (C=O) groups excluding carboxylic acids is 1. The Bertz CT molecular complexity index is 258. The van der Waals surface area contributed by atoms with Crippen LogP contribution in [0.25, 0.3) is 0 Å². The van der Waals surface area contributed by atoms with Crippen LogP contribution in [-0.4, -0.2) is 34.6 Å². The number of carbonyl (C=O) groups is 3. The molecule has 0 unspecified atom stereocenters. The first kappa shape index (κ1) is 12.2. The van der Waals surface area contributed by atoms with Crippen molar-refractivity contribution in [3.63, 3.8) is 0 Å². The van der Waals surface area contributed by atoms with Gasteiger partial charge in [-0.25, -0.2) is 4.79 Å². The van der Waals surface area contributed by atoms with Crippen LogP contribution >= 0.6 is 0 Å². The molecule has 0 atom stereocenters. The van der Waals surface area contributed by atoms with Crippen molar-refractivity contribution in [2.45, 2.75) is 12.8 Å². The molecule has 0 aliphatic heterocycles. The van der Waals surface area contributed by atoms with Gasteiger partial charge >= 0.3 is 11.9 Å². The quantitative estimate of drug-likeness (QED) is 0.401. The van der Waals surface area contributed by atoms with E-state index in [2.05, 4.69) is 5.32 Å². The maximum Gasteiger partial charge on any atom is 0.328 e. The summed E-state index contributed by atoms with van der Waals surface area (Å²) in [5.74, 6) is -2.68. The van der Waals surface area contributed by atoms with Crippen LogP contribution < -0.4 is 5.32 Å². The van der Waals surface area contributed by atoms with Gasteiger partial charge in [0, 0.05) is 25.1 Å². The lowest BCUT2D eigenvalue weighted by atomic mass is 10.3. The average molecular weight is 201 g/mol. The zero-order chi connectivity index (χ0) is 11.0. The molecular weight excluding hydrogens is 190 g/mol. The second kappa shape index (κ2) is 6.64. The number of rotatable bonds is 6. The van der Waals surface area contributed by atoms with Crippen LogP contribution in [0.15, 0.2) is 12.2 Å². The molecule has 0 aromatic heterocycles. The summed E-state index contributed by atoms with van der Waals surface area (Å²) in [6.07, 6.45) is 1.89. The summed E-state index contributed by atoms with van der Waals surface area (Å²) < 4.78 is 0. The second-order valence-corrected chi connectivity index (χ2v) is 2.46. The minimum Gasteiger partial charge on any atom is -0.481 e. The molecule has 0 radical (unpaired) electrons. The molecular formula is C8H11NO5. The van der Waals surface area contributed by atoms with Gasteiger partial charge in [0.1, 0.15) is 0 Å². The fourth-order valence-corrected chi connectivity index (χ4v) is 0.657. The Kier molecular flexibility index (Phi) is 5.77. The Labute approximate surface area is 80.2 Å². The van der Waals surface area contributed by atoms with Gasteiger partial charge in [-0.3, -0.25) is 9.59 Å². The van der Waals surface area contributed by atoms with E-state index in [1.165, 1.54) is 0 Å². The number of nitrogens with one attached hydrogen (secondary N) is 1. The third kappa shape index (κ3) is 8.25. The molecule has 14 heavy (non-hydrogen) atoms. The number of aliphatic carboxylic acids is 2. The smallest absolute Gasteiger partial charge is 0.328 e. The molecule has 0 aliphatic carbocycles. The van der Waals surface area contributed by atoms with E-state index in [0.29, 0.717) is 12.5 Å². The van der Waals surface area contributed by atoms with E-state index in [1.807, 2.05) is 0 Å². The van der Waals surface area contributed by atoms with Gasteiger partial charge in [-0.1, -0.05) is 0 Å². The van der Waals surface area contributed by atoms with Crippen molar-refractivity contribution < 1.29 is 24.6 Å². The third-order valence-electron chi connectivity index (χ3n) is 1.24. The molecule has 0 aromatic carbocycles. The standard InChI is InChI=1S/C8H11NO5/c10-6(3-4-8(13)14)9-5-1-2-7(11)12/h3-4H,1-2,5H2,(H,9,10)(H,11,12)(H,13,14)/b4-3+. The topological polar surface area (TPSA) is 104 Å². The predicted molar refractivity (Wildman–Crippen MR) is 46.7 cm³/mol. The highest BCUT2D eigenvalue weighted by atomic mass is 16.4. The molecule has 6 heteroatoms. The van der Waals surface area contributed by atoms with E-state index in [-0.39, 0.29) is 13.0 Å². The minimum atomic E-state index is -1.20. The summed E-state index contributed by atoms with van der Waals surface area (Å²) in [5, 5.41) is 18.8. The van der Waals surface area contributed by atoms with Gasteiger partial charge in [-0.2, -0.15) is 0 Å². The zero-order valence-corrected chi connectivity index (χ0v) is 7.40. The first-order valence-electron chi connectivity index (χ1n) is 3.93. The van der Waals surface area contributed by atoms with Gasteiger partial charge in [0.15, 0.2) is 0 Å². The SMILES string of the molecule is O=C(O)/C=C/C(=O)NCCCC(=O)O.